The molecule has 4 nitrogen and oxygen atoms in total. The molecule has 0 atom stereocenters. The minimum Gasteiger partial charge on any atom is -0.503 e. The number of hydrogen-bond donors (Lipinski definition) is 2. The first-order valence-corrected chi connectivity index (χ1v) is 3.15. The number of aliphatic hydroxyl groups excluding tert-OH is 1. The highest BCUT2D eigenvalue weighted by molar-refractivity contribution is 5.85. The minimum absolute atomic E-state index is 0. The molecule has 68 valence electrons. The third-order valence-corrected chi connectivity index (χ3v) is 1.53. The van der Waals surface area contributed by atoms with Gasteiger partial charge in [-0.25, -0.2) is 0 Å². The third kappa shape index (κ3) is 1.78. The van der Waals surface area contributed by atoms with E-state index in [0.717, 1.165) is 0 Å². The van der Waals surface area contributed by atoms with Crippen LogP contribution in [0.4, 0.5) is 0 Å². The highest BCUT2D eigenvalue weighted by Gasteiger charge is 2.04. The number of aliphatic hydroxyl groups is 1. The van der Waals surface area contributed by atoms with Crippen LogP contribution in [0.2, 0.25) is 0 Å². The van der Waals surface area contributed by atoms with Gasteiger partial charge in [0, 0.05) is 19.3 Å². The number of nitrogens with zero attached hydrogens (tertiary/aromatic N) is 1. The van der Waals surface area contributed by atoms with Gasteiger partial charge in [-0.05, 0) is 0 Å². The summed E-state index contributed by atoms with van der Waals surface area (Å²) in [6.45, 7) is -0.335. The van der Waals surface area contributed by atoms with E-state index in [9.17, 15) is 4.79 Å². The van der Waals surface area contributed by atoms with Gasteiger partial charge in [0.25, 0.3) is 0 Å². The van der Waals surface area contributed by atoms with Crippen LogP contribution in [-0.2, 0) is 13.7 Å². The highest BCUT2D eigenvalue weighted by atomic mass is 35.5. The lowest BCUT2D eigenvalue weighted by Crippen LogP contribution is -2.09. The molecule has 0 aromatic carbocycles. The van der Waals surface area contributed by atoms with Gasteiger partial charge in [-0.3, -0.25) is 4.79 Å². The second-order valence-corrected chi connectivity index (χ2v) is 2.24. The minimum atomic E-state index is -0.466. The number of aromatic nitrogens is 1. The molecule has 0 aliphatic rings. The fraction of sp³-hybridized carbons (Fsp3) is 0.286. The summed E-state index contributed by atoms with van der Waals surface area (Å²) in [6, 6.07) is 1.24. The monoisotopic (exact) mass is 191 g/mol. The zero-order chi connectivity index (χ0) is 8.43. The smallest absolute Gasteiger partial charge is 0.223 e. The summed E-state index contributed by atoms with van der Waals surface area (Å²) >= 11 is 0. The number of aromatic hydroxyl groups is 1. The van der Waals surface area contributed by atoms with Gasteiger partial charge in [0.2, 0.25) is 5.43 Å². The Labute approximate surface area is 75.5 Å². The summed E-state index contributed by atoms with van der Waals surface area (Å²) in [4.78, 5) is 10.8. The maximum Gasteiger partial charge on any atom is 0.223 e. The van der Waals surface area contributed by atoms with Crippen molar-refractivity contribution in [2.45, 2.75) is 6.61 Å². The second-order valence-electron chi connectivity index (χ2n) is 2.24. The van der Waals surface area contributed by atoms with Crippen LogP contribution in [0, 0.1) is 0 Å². The molecule has 0 spiro atoms. The first kappa shape index (κ1) is 11.0. The van der Waals surface area contributed by atoms with Crippen molar-refractivity contribution in [1.82, 2.24) is 4.57 Å². The molecule has 0 saturated carbocycles. The molecular formula is C7H10ClNO3. The SMILES string of the molecule is Cl.Cn1ccc(=O)c(O)c1CO. The second kappa shape index (κ2) is 4.13. The number of rotatable bonds is 1. The van der Waals surface area contributed by atoms with Gasteiger partial charge in [-0.15, -0.1) is 12.4 Å². The van der Waals surface area contributed by atoms with E-state index in [0.29, 0.717) is 0 Å². The van der Waals surface area contributed by atoms with E-state index in [-0.39, 0.29) is 30.5 Å². The lowest BCUT2D eigenvalue weighted by Gasteiger charge is -2.05. The Balaban J connectivity index is 0.00000121. The van der Waals surface area contributed by atoms with Crippen LogP contribution in [0.1, 0.15) is 5.69 Å². The van der Waals surface area contributed by atoms with Gasteiger partial charge >= 0.3 is 0 Å². The van der Waals surface area contributed by atoms with E-state index in [1.165, 1.54) is 16.8 Å². The molecule has 0 bridgehead atoms. The van der Waals surface area contributed by atoms with Crippen molar-refractivity contribution in [3.8, 4) is 5.75 Å². The molecule has 0 amide bonds. The van der Waals surface area contributed by atoms with E-state index in [1.807, 2.05) is 0 Å². The summed E-state index contributed by atoms with van der Waals surface area (Å²) in [6.07, 6.45) is 1.49. The van der Waals surface area contributed by atoms with Gasteiger partial charge in [-0.1, -0.05) is 0 Å². The highest BCUT2D eigenvalue weighted by Crippen LogP contribution is 2.08. The van der Waals surface area contributed by atoms with Gasteiger partial charge < -0.3 is 14.8 Å². The molecule has 2 N–H and O–H groups in total. The Bertz CT molecular complexity index is 321. The standard InChI is InChI=1S/C7H9NO3.ClH/c1-8-3-2-6(10)7(11)5(8)4-9;/h2-3,9,11H,4H2,1H3;1H. The van der Waals surface area contributed by atoms with Gasteiger partial charge in [0.05, 0.1) is 12.3 Å². The zero-order valence-electron chi connectivity index (χ0n) is 6.52. The largest absolute Gasteiger partial charge is 0.503 e. The quantitative estimate of drug-likeness (QED) is 0.657. The van der Waals surface area contributed by atoms with Gasteiger partial charge in [0.1, 0.15) is 0 Å². The molecule has 1 rings (SSSR count). The Morgan fingerprint density at radius 2 is 2.17 bits per heavy atom. The summed E-state index contributed by atoms with van der Waals surface area (Å²) in [7, 11) is 1.64. The first-order valence-electron chi connectivity index (χ1n) is 3.15. The van der Waals surface area contributed by atoms with E-state index < -0.39 is 5.43 Å². The molecule has 0 radical (unpaired) electrons. The van der Waals surface area contributed by atoms with Gasteiger partial charge in [-0.2, -0.15) is 0 Å². The van der Waals surface area contributed by atoms with Crippen molar-refractivity contribution in [3.05, 3.63) is 28.2 Å². The maximum absolute atomic E-state index is 10.8. The number of pyridine rings is 1. The van der Waals surface area contributed by atoms with Crippen LogP contribution in [0.3, 0.4) is 0 Å². The number of halogens is 1. The van der Waals surface area contributed by atoms with Crippen molar-refractivity contribution in [1.29, 1.82) is 0 Å². The molecule has 5 heteroatoms. The normalized spacial score (nSPS) is 9.17. The summed E-state index contributed by atoms with van der Waals surface area (Å²) in [5, 5.41) is 17.8. The molecule has 12 heavy (non-hydrogen) atoms. The van der Waals surface area contributed by atoms with Crippen molar-refractivity contribution in [2.75, 3.05) is 0 Å². The molecule has 0 aliphatic carbocycles. The van der Waals surface area contributed by atoms with Crippen LogP contribution in [0.5, 0.6) is 5.75 Å². The summed E-state index contributed by atoms with van der Waals surface area (Å²) in [5.41, 5.74) is -0.232. The first-order chi connectivity index (χ1) is 5.16. The van der Waals surface area contributed by atoms with Crippen molar-refractivity contribution in [3.63, 3.8) is 0 Å². The van der Waals surface area contributed by atoms with E-state index in [1.54, 1.807) is 7.05 Å². The molecule has 1 aromatic heterocycles. The summed E-state index contributed by atoms with van der Waals surface area (Å²) in [5.74, 6) is -0.377. The Morgan fingerprint density at radius 3 is 2.58 bits per heavy atom. The molecule has 0 saturated heterocycles. The van der Waals surface area contributed by atoms with E-state index in [4.69, 9.17) is 10.2 Å². The average Bonchev–Trinajstić information content (AvgIpc) is 1.99. The number of aryl methyl sites for hydroxylation is 1. The van der Waals surface area contributed by atoms with Crippen LogP contribution in [0.15, 0.2) is 17.1 Å². The maximum atomic E-state index is 10.8. The van der Waals surface area contributed by atoms with Crippen molar-refractivity contribution >= 4 is 12.4 Å². The Hall–Kier alpha value is -1.00. The number of hydrogen-bond acceptors (Lipinski definition) is 3. The van der Waals surface area contributed by atoms with E-state index >= 15 is 0 Å². The van der Waals surface area contributed by atoms with Crippen LogP contribution in [-0.4, -0.2) is 14.8 Å². The van der Waals surface area contributed by atoms with Crippen molar-refractivity contribution in [2.24, 2.45) is 7.05 Å². The predicted molar refractivity (Wildman–Crippen MR) is 46.5 cm³/mol. The lowest BCUT2D eigenvalue weighted by molar-refractivity contribution is 0.263. The zero-order valence-corrected chi connectivity index (χ0v) is 7.34. The van der Waals surface area contributed by atoms with Crippen LogP contribution >= 0.6 is 12.4 Å². The molecule has 1 aromatic rings. The van der Waals surface area contributed by atoms with Crippen LogP contribution in [0.25, 0.3) is 0 Å². The molecular weight excluding hydrogens is 182 g/mol. The molecule has 0 aliphatic heterocycles. The molecule has 1 heterocycles. The topological polar surface area (TPSA) is 62.5 Å². The molecule has 0 unspecified atom stereocenters. The third-order valence-electron chi connectivity index (χ3n) is 1.53. The fourth-order valence-electron chi connectivity index (χ4n) is 0.844. The predicted octanol–water partition coefficient (Wildman–Crippen LogP) is 0.00500. The van der Waals surface area contributed by atoms with Gasteiger partial charge in [0.15, 0.2) is 5.75 Å². The average molecular weight is 192 g/mol. The molecule has 0 fully saturated rings. The van der Waals surface area contributed by atoms with Crippen LogP contribution < -0.4 is 5.43 Å². The Morgan fingerprint density at radius 1 is 1.58 bits per heavy atom. The fourth-order valence-corrected chi connectivity index (χ4v) is 0.844. The summed E-state index contributed by atoms with van der Waals surface area (Å²) < 4.78 is 1.50. The lowest BCUT2D eigenvalue weighted by atomic mass is 10.3. The van der Waals surface area contributed by atoms with E-state index in [2.05, 4.69) is 0 Å². The Kier molecular flexibility index (Phi) is 3.79. The van der Waals surface area contributed by atoms with Crippen molar-refractivity contribution < 1.29 is 10.2 Å².